The number of aromatic nitrogens is 1. The fourth-order valence-corrected chi connectivity index (χ4v) is 4.93. The van der Waals surface area contributed by atoms with Gasteiger partial charge in [-0.3, -0.25) is 9.59 Å². The van der Waals surface area contributed by atoms with Crippen molar-refractivity contribution in [1.82, 2.24) is 9.88 Å². The van der Waals surface area contributed by atoms with E-state index in [-0.39, 0.29) is 24.5 Å². The Morgan fingerprint density at radius 3 is 2.89 bits per heavy atom. The van der Waals surface area contributed by atoms with E-state index in [4.69, 9.17) is 9.47 Å². The van der Waals surface area contributed by atoms with E-state index in [0.29, 0.717) is 29.9 Å². The van der Waals surface area contributed by atoms with E-state index in [1.807, 2.05) is 28.5 Å². The number of likely N-dealkylation sites (tertiary alicyclic amines) is 1. The zero-order chi connectivity index (χ0) is 19.1. The summed E-state index contributed by atoms with van der Waals surface area (Å²) in [6.07, 6.45) is 4.76. The van der Waals surface area contributed by atoms with Gasteiger partial charge in [-0.25, -0.2) is 4.98 Å². The second-order valence-corrected chi connectivity index (χ2v) is 8.34. The van der Waals surface area contributed by atoms with Crippen LogP contribution in [0.25, 0.3) is 11.3 Å². The lowest BCUT2D eigenvalue weighted by atomic mass is 10.1. The van der Waals surface area contributed by atoms with Crippen LogP contribution >= 0.6 is 11.3 Å². The maximum Gasteiger partial charge on any atom is 0.231 e. The number of anilines is 1. The van der Waals surface area contributed by atoms with Gasteiger partial charge in [0.25, 0.3) is 0 Å². The summed E-state index contributed by atoms with van der Waals surface area (Å²) >= 11 is 1.38. The lowest BCUT2D eigenvalue weighted by Gasteiger charge is -2.23. The largest absolute Gasteiger partial charge is 0.454 e. The van der Waals surface area contributed by atoms with Crippen molar-refractivity contribution in [3.8, 4) is 22.8 Å². The molecule has 1 unspecified atom stereocenters. The molecule has 1 atom stereocenters. The van der Waals surface area contributed by atoms with Crippen LogP contribution in [0.3, 0.4) is 0 Å². The Morgan fingerprint density at radius 2 is 2.04 bits per heavy atom. The Bertz CT molecular complexity index is 922. The number of carbonyl (C=O) groups excluding carboxylic acids is 2. The van der Waals surface area contributed by atoms with Crippen molar-refractivity contribution in [2.24, 2.45) is 5.92 Å². The summed E-state index contributed by atoms with van der Waals surface area (Å²) < 4.78 is 10.7. The normalized spacial score (nSPS) is 21.5. The van der Waals surface area contributed by atoms with E-state index < -0.39 is 0 Å². The topological polar surface area (TPSA) is 80.8 Å². The molecule has 5 rings (SSSR count). The third-order valence-corrected chi connectivity index (χ3v) is 6.46. The molecule has 3 aliphatic rings. The lowest BCUT2D eigenvalue weighted by Crippen LogP contribution is -2.35. The summed E-state index contributed by atoms with van der Waals surface area (Å²) in [4.78, 5) is 31.4. The molecule has 2 amide bonds. The first-order valence-corrected chi connectivity index (χ1v) is 10.5. The van der Waals surface area contributed by atoms with E-state index in [1.165, 1.54) is 24.2 Å². The highest BCUT2D eigenvalue weighted by molar-refractivity contribution is 7.14. The zero-order valence-electron chi connectivity index (χ0n) is 15.3. The van der Waals surface area contributed by atoms with Gasteiger partial charge in [0.05, 0.1) is 11.6 Å². The first-order chi connectivity index (χ1) is 13.7. The van der Waals surface area contributed by atoms with Crippen molar-refractivity contribution in [3.05, 3.63) is 23.6 Å². The minimum Gasteiger partial charge on any atom is -0.454 e. The van der Waals surface area contributed by atoms with Crippen molar-refractivity contribution in [3.63, 3.8) is 0 Å². The number of amides is 2. The summed E-state index contributed by atoms with van der Waals surface area (Å²) in [5.74, 6) is 1.11. The molecule has 0 radical (unpaired) electrons. The molecule has 1 N–H and O–H groups in total. The van der Waals surface area contributed by atoms with Gasteiger partial charge in [-0.2, -0.15) is 0 Å². The van der Waals surface area contributed by atoms with Gasteiger partial charge < -0.3 is 19.7 Å². The fraction of sp³-hybridized carbons (Fsp3) is 0.450. The SMILES string of the molecule is O=C(Nc1nc(-c2ccc3c(c2)OCO3)cs1)C1CC(=O)N(C2CCCC2)C1. The Kier molecular flexibility index (Phi) is 4.43. The number of nitrogens with one attached hydrogen (secondary N) is 1. The molecule has 2 aliphatic heterocycles. The smallest absolute Gasteiger partial charge is 0.231 e. The number of hydrogen-bond donors (Lipinski definition) is 1. The van der Waals surface area contributed by atoms with Gasteiger partial charge in [-0.15, -0.1) is 11.3 Å². The van der Waals surface area contributed by atoms with Gasteiger partial charge in [0.15, 0.2) is 16.6 Å². The molecule has 8 heteroatoms. The van der Waals surface area contributed by atoms with Crippen LogP contribution in [-0.2, 0) is 9.59 Å². The summed E-state index contributed by atoms with van der Waals surface area (Å²) in [6.45, 7) is 0.755. The van der Waals surface area contributed by atoms with Crippen LogP contribution in [0.1, 0.15) is 32.1 Å². The lowest BCUT2D eigenvalue weighted by molar-refractivity contribution is -0.129. The number of carbonyl (C=O) groups is 2. The van der Waals surface area contributed by atoms with Crippen molar-refractivity contribution in [2.75, 3.05) is 18.7 Å². The molecular weight excluding hydrogens is 378 g/mol. The highest BCUT2D eigenvalue weighted by Crippen LogP contribution is 2.37. The fourth-order valence-electron chi connectivity index (χ4n) is 4.20. The van der Waals surface area contributed by atoms with E-state index in [9.17, 15) is 9.59 Å². The molecular formula is C20H21N3O4S. The molecule has 2 fully saturated rings. The van der Waals surface area contributed by atoms with Gasteiger partial charge in [0, 0.05) is 30.0 Å². The predicted octanol–water partition coefficient (Wildman–Crippen LogP) is 3.27. The Morgan fingerprint density at radius 1 is 1.21 bits per heavy atom. The van der Waals surface area contributed by atoms with Crippen LogP contribution < -0.4 is 14.8 Å². The average Bonchev–Trinajstić information content (AvgIpc) is 3.47. The molecule has 1 saturated carbocycles. The summed E-state index contributed by atoms with van der Waals surface area (Å²) in [5, 5.41) is 5.34. The molecule has 146 valence electrons. The molecule has 1 aromatic carbocycles. The van der Waals surface area contributed by atoms with Crippen LogP contribution in [-0.4, -0.2) is 41.1 Å². The molecule has 0 bridgehead atoms. The zero-order valence-corrected chi connectivity index (χ0v) is 16.2. The number of rotatable bonds is 4. The van der Waals surface area contributed by atoms with Gasteiger partial charge >= 0.3 is 0 Å². The number of thiazole rings is 1. The maximum absolute atomic E-state index is 12.7. The Balaban J connectivity index is 1.24. The van der Waals surface area contributed by atoms with Crippen LogP contribution in [0.5, 0.6) is 11.5 Å². The monoisotopic (exact) mass is 399 g/mol. The molecule has 0 spiro atoms. The number of hydrogen-bond acceptors (Lipinski definition) is 6. The molecule has 7 nitrogen and oxygen atoms in total. The molecule has 1 aromatic heterocycles. The molecule has 2 aromatic rings. The van der Waals surface area contributed by atoms with E-state index >= 15 is 0 Å². The minimum absolute atomic E-state index is 0.104. The molecule has 1 saturated heterocycles. The highest BCUT2D eigenvalue weighted by Gasteiger charge is 2.38. The second kappa shape index (κ2) is 7.09. The second-order valence-electron chi connectivity index (χ2n) is 7.48. The standard InChI is InChI=1S/C20H21N3O4S/c24-18-8-13(9-23(18)14-3-1-2-4-14)19(25)22-20-21-15(10-28-20)12-5-6-16-17(7-12)27-11-26-16/h5-7,10,13-14H,1-4,8-9,11H2,(H,21,22,25). The van der Waals surface area contributed by atoms with Crippen molar-refractivity contribution >= 4 is 28.3 Å². The minimum atomic E-state index is -0.300. The van der Waals surface area contributed by atoms with Crippen molar-refractivity contribution < 1.29 is 19.1 Å². The van der Waals surface area contributed by atoms with Crippen LogP contribution in [0.15, 0.2) is 23.6 Å². The Labute approximate surface area is 166 Å². The summed E-state index contributed by atoms with van der Waals surface area (Å²) in [6, 6.07) is 5.99. The van der Waals surface area contributed by atoms with Gasteiger partial charge in [0.1, 0.15) is 0 Å². The number of benzene rings is 1. The van der Waals surface area contributed by atoms with Crippen molar-refractivity contribution in [2.45, 2.75) is 38.1 Å². The first kappa shape index (κ1) is 17.5. The van der Waals surface area contributed by atoms with Crippen molar-refractivity contribution in [1.29, 1.82) is 0 Å². The van der Waals surface area contributed by atoms with E-state index in [0.717, 1.165) is 29.8 Å². The molecule has 28 heavy (non-hydrogen) atoms. The predicted molar refractivity (Wildman–Crippen MR) is 104 cm³/mol. The third-order valence-electron chi connectivity index (χ3n) is 5.70. The van der Waals surface area contributed by atoms with Crippen LogP contribution in [0, 0.1) is 5.92 Å². The van der Waals surface area contributed by atoms with Crippen LogP contribution in [0.4, 0.5) is 5.13 Å². The number of fused-ring (bicyclic) bond motifs is 1. The molecule has 1 aliphatic carbocycles. The summed E-state index contributed by atoms with van der Waals surface area (Å²) in [7, 11) is 0. The van der Waals surface area contributed by atoms with Gasteiger partial charge in [-0.1, -0.05) is 12.8 Å². The third kappa shape index (κ3) is 3.22. The molecule has 3 heterocycles. The number of nitrogens with zero attached hydrogens (tertiary/aromatic N) is 2. The van der Waals surface area contributed by atoms with Gasteiger partial charge in [0.2, 0.25) is 18.6 Å². The Hall–Kier alpha value is -2.61. The van der Waals surface area contributed by atoms with Gasteiger partial charge in [-0.05, 0) is 31.0 Å². The maximum atomic E-state index is 12.7. The number of ether oxygens (including phenoxy) is 2. The summed E-state index contributed by atoms with van der Waals surface area (Å²) in [5.41, 5.74) is 1.68. The van der Waals surface area contributed by atoms with E-state index in [1.54, 1.807) is 0 Å². The van der Waals surface area contributed by atoms with Crippen LogP contribution in [0.2, 0.25) is 0 Å². The first-order valence-electron chi connectivity index (χ1n) is 9.63. The van der Waals surface area contributed by atoms with E-state index in [2.05, 4.69) is 10.3 Å². The average molecular weight is 399 g/mol. The quantitative estimate of drug-likeness (QED) is 0.853. The highest BCUT2D eigenvalue weighted by atomic mass is 32.1.